The predicted octanol–water partition coefficient (Wildman–Crippen LogP) is 2.24. The van der Waals surface area contributed by atoms with Crippen LogP contribution >= 0.6 is 11.3 Å². The quantitative estimate of drug-likeness (QED) is 0.851. The van der Waals surface area contributed by atoms with E-state index < -0.39 is 0 Å². The molecule has 3 heterocycles. The molecule has 0 saturated carbocycles. The molecule has 2 aliphatic heterocycles. The summed E-state index contributed by atoms with van der Waals surface area (Å²) in [6, 6.07) is -0.0185. The molecule has 1 aromatic rings. The summed E-state index contributed by atoms with van der Waals surface area (Å²) >= 11 is 1.65. The molecule has 3 rings (SSSR count). The topological polar surface area (TPSA) is 65.9 Å². The Balaban J connectivity index is 1.72. The number of carbonyl (C=O) groups is 2. The molecule has 0 aliphatic carbocycles. The maximum Gasteiger partial charge on any atom is 0.270 e. The number of nitrogens with zero attached hydrogens (tertiary/aromatic N) is 4. The maximum atomic E-state index is 12.8. The molecule has 1 fully saturated rings. The third-order valence-electron chi connectivity index (χ3n) is 4.30. The summed E-state index contributed by atoms with van der Waals surface area (Å²) in [6.07, 6.45) is 4.68. The molecule has 0 aromatic carbocycles. The normalized spacial score (nSPS) is 22.5. The number of hydrazone groups is 1. The van der Waals surface area contributed by atoms with E-state index >= 15 is 0 Å². The van der Waals surface area contributed by atoms with E-state index in [9.17, 15) is 9.59 Å². The predicted molar refractivity (Wildman–Crippen MR) is 89.3 cm³/mol. The van der Waals surface area contributed by atoms with E-state index in [0.29, 0.717) is 31.0 Å². The van der Waals surface area contributed by atoms with E-state index in [1.807, 2.05) is 30.3 Å². The first-order valence-corrected chi connectivity index (χ1v) is 9.02. The Bertz CT molecular complexity index is 612. The van der Waals surface area contributed by atoms with Gasteiger partial charge in [-0.1, -0.05) is 0 Å². The van der Waals surface area contributed by atoms with Gasteiger partial charge < -0.3 is 4.90 Å². The fraction of sp³-hybridized carbons (Fsp3) is 0.625. The van der Waals surface area contributed by atoms with Crippen molar-refractivity contribution in [1.29, 1.82) is 0 Å². The molecule has 7 heteroatoms. The number of carbonyl (C=O) groups excluding carboxylic acids is 2. The largest absolute Gasteiger partial charge is 0.337 e. The first-order valence-electron chi connectivity index (χ1n) is 8.14. The van der Waals surface area contributed by atoms with Crippen molar-refractivity contribution in [2.75, 3.05) is 13.1 Å². The van der Waals surface area contributed by atoms with Gasteiger partial charge in [-0.05, 0) is 26.7 Å². The Hall–Kier alpha value is -1.76. The van der Waals surface area contributed by atoms with Gasteiger partial charge in [0.1, 0.15) is 5.71 Å². The first kappa shape index (κ1) is 16.1. The van der Waals surface area contributed by atoms with Gasteiger partial charge in [0, 0.05) is 49.5 Å². The zero-order valence-corrected chi connectivity index (χ0v) is 14.4. The van der Waals surface area contributed by atoms with Crippen molar-refractivity contribution < 1.29 is 9.59 Å². The van der Waals surface area contributed by atoms with Crippen LogP contribution in [0.2, 0.25) is 0 Å². The van der Waals surface area contributed by atoms with Gasteiger partial charge in [0.2, 0.25) is 5.91 Å². The van der Waals surface area contributed by atoms with Gasteiger partial charge >= 0.3 is 0 Å². The molecule has 0 radical (unpaired) electrons. The average molecular weight is 334 g/mol. The van der Waals surface area contributed by atoms with Crippen LogP contribution in [0.25, 0.3) is 0 Å². The van der Waals surface area contributed by atoms with Crippen molar-refractivity contribution in [3.05, 3.63) is 16.6 Å². The van der Waals surface area contributed by atoms with Gasteiger partial charge in [-0.2, -0.15) is 5.10 Å². The molecular formula is C16H22N4O2S. The number of amides is 2. The van der Waals surface area contributed by atoms with Crippen molar-refractivity contribution in [2.24, 2.45) is 5.10 Å². The minimum Gasteiger partial charge on any atom is -0.337 e. The fourth-order valence-corrected chi connectivity index (χ4v) is 3.88. The van der Waals surface area contributed by atoms with Crippen LogP contribution in [0.3, 0.4) is 0 Å². The van der Waals surface area contributed by atoms with Gasteiger partial charge in [-0.15, -0.1) is 11.3 Å². The van der Waals surface area contributed by atoms with E-state index in [1.165, 1.54) is 5.01 Å². The van der Waals surface area contributed by atoms with E-state index in [1.54, 1.807) is 11.3 Å². The Morgan fingerprint density at radius 2 is 2.22 bits per heavy atom. The van der Waals surface area contributed by atoms with Crippen LogP contribution in [0.4, 0.5) is 0 Å². The smallest absolute Gasteiger partial charge is 0.270 e. The van der Waals surface area contributed by atoms with E-state index in [0.717, 1.165) is 24.4 Å². The zero-order valence-electron chi connectivity index (χ0n) is 13.6. The first-order chi connectivity index (χ1) is 11.1. The molecule has 0 bridgehead atoms. The van der Waals surface area contributed by atoms with E-state index in [2.05, 4.69) is 10.1 Å². The van der Waals surface area contributed by atoms with Gasteiger partial charge in [-0.25, -0.2) is 9.99 Å². The minimum absolute atomic E-state index is 0.00384. The van der Waals surface area contributed by atoms with E-state index in [4.69, 9.17) is 0 Å². The average Bonchev–Trinajstić information content (AvgIpc) is 3.09. The highest BCUT2D eigenvalue weighted by molar-refractivity contribution is 7.09. The molecule has 2 aliphatic rings. The Morgan fingerprint density at radius 1 is 1.39 bits per heavy atom. The van der Waals surface area contributed by atoms with Crippen LogP contribution in [0, 0.1) is 0 Å². The number of piperidine rings is 1. The Kier molecular flexibility index (Phi) is 4.75. The molecular weight excluding hydrogens is 312 g/mol. The lowest BCUT2D eigenvalue weighted by Gasteiger charge is -2.33. The molecule has 0 spiro atoms. The number of hydrogen-bond acceptors (Lipinski definition) is 5. The summed E-state index contributed by atoms with van der Waals surface area (Å²) in [7, 11) is 0. The molecule has 2 amide bonds. The van der Waals surface area contributed by atoms with Crippen molar-refractivity contribution in [3.63, 3.8) is 0 Å². The standard InChI is InChI=1S/C16H22N4O2S/c1-11(2)20-14(21)6-5-13(18-20)16(22)19-8-3-4-12(10-19)15-17-7-9-23-15/h7,9,11-12H,3-6,8,10H2,1-2H3. The number of thiazole rings is 1. The summed E-state index contributed by atoms with van der Waals surface area (Å²) in [5.41, 5.74) is 0.512. The van der Waals surface area contributed by atoms with E-state index in [-0.39, 0.29) is 17.9 Å². The molecule has 1 saturated heterocycles. The molecule has 1 atom stereocenters. The second-order valence-electron chi connectivity index (χ2n) is 6.34. The third kappa shape index (κ3) is 3.44. The second kappa shape index (κ2) is 6.78. The summed E-state index contributed by atoms with van der Waals surface area (Å²) < 4.78 is 0. The number of aromatic nitrogens is 1. The molecule has 124 valence electrons. The number of rotatable bonds is 3. The minimum atomic E-state index is -0.0237. The highest BCUT2D eigenvalue weighted by Crippen LogP contribution is 2.28. The maximum absolute atomic E-state index is 12.8. The van der Waals surface area contributed by atoms with Crippen molar-refractivity contribution in [3.8, 4) is 0 Å². The van der Waals surface area contributed by atoms with Crippen LogP contribution in [0.15, 0.2) is 16.7 Å². The zero-order chi connectivity index (χ0) is 16.4. The van der Waals surface area contributed by atoms with Crippen LogP contribution in [0.1, 0.15) is 50.5 Å². The van der Waals surface area contributed by atoms with Crippen LogP contribution in [-0.2, 0) is 9.59 Å². The summed E-state index contributed by atoms with van der Waals surface area (Å²) in [5.74, 6) is 0.292. The molecule has 0 N–H and O–H groups in total. The molecule has 23 heavy (non-hydrogen) atoms. The molecule has 6 nitrogen and oxygen atoms in total. The van der Waals surface area contributed by atoms with Crippen molar-refractivity contribution in [2.45, 2.75) is 51.5 Å². The summed E-state index contributed by atoms with van der Waals surface area (Å²) in [4.78, 5) is 30.9. The number of likely N-dealkylation sites (tertiary alicyclic amines) is 1. The fourth-order valence-electron chi connectivity index (χ4n) is 3.11. The van der Waals surface area contributed by atoms with Crippen molar-refractivity contribution in [1.82, 2.24) is 14.9 Å². The molecule has 1 unspecified atom stereocenters. The Morgan fingerprint density at radius 3 is 2.91 bits per heavy atom. The molecule has 1 aromatic heterocycles. The number of hydrogen-bond donors (Lipinski definition) is 0. The van der Waals surface area contributed by atoms with Crippen molar-refractivity contribution >= 4 is 28.9 Å². The lowest BCUT2D eigenvalue weighted by atomic mass is 9.98. The lowest BCUT2D eigenvalue weighted by Crippen LogP contribution is -2.46. The SMILES string of the molecule is CC(C)N1N=C(C(=O)N2CCCC(c3nccs3)C2)CCC1=O. The van der Waals surface area contributed by atoms with Crippen LogP contribution in [-0.4, -0.2) is 51.6 Å². The monoisotopic (exact) mass is 334 g/mol. The Labute approximate surface area is 140 Å². The second-order valence-corrected chi connectivity index (χ2v) is 7.27. The summed E-state index contributed by atoms with van der Waals surface area (Å²) in [6.45, 7) is 5.28. The van der Waals surface area contributed by atoms with Crippen LogP contribution in [0.5, 0.6) is 0 Å². The van der Waals surface area contributed by atoms with Crippen LogP contribution < -0.4 is 0 Å². The highest BCUT2D eigenvalue weighted by atomic mass is 32.1. The third-order valence-corrected chi connectivity index (χ3v) is 5.24. The lowest BCUT2D eigenvalue weighted by molar-refractivity contribution is -0.133. The van der Waals surface area contributed by atoms with Gasteiger partial charge in [0.05, 0.1) is 5.01 Å². The highest BCUT2D eigenvalue weighted by Gasteiger charge is 2.32. The van der Waals surface area contributed by atoms with Gasteiger partial charge in [-0.3, -0.25) is 9.59 Å². The van der Waals surface area contributed by atoms with Gasteiger partial charge in [0.25, 0.3) is 5.91 Å². The summed E-state index contributed by atoms with van der Waals surface area (Å²) in [5, 5.41) is 8.85. The van der Waals surface area contributed by atoms with Gasteiger partial charge in [0.15, 0.2) is 0 Å².